The lowest BCUT2D eigenvalue weighted by atomic mass is 10.1. The van der Waals surface area contributed by atoms with Crippen LogP contribution >= 0.6 is 23.7 Å². The number of nitrogens with zero attached hydrogens (tertiary/aromatic N) is 1. The van der Waals surface area contributed by atoms with Gasteiger partial charge in [-0.3, -0.25) is 9.59 Å². The number of rotatable bonds is 8. The lowest BCUT2D eigenvalue weighted by Crippen LogP contribution is -2.39. The van der Waals surface area contributed by atoms with Crippen LogP contribution in [0.15, 0.2) is 29.6 Å². The van der Waals surface area contributed by atoms with Crippen LogP contribution in [-0.4, -0.2) is 43.1 Å². The molecule has 26 heavy (non-hydrogen) atoms. The fourth-order valence-electron chi connectivity index (χ4n) is 2.14. The van der Waals surface area contributed by atoms with Crippen molar-refractivity contribution in [2.24, 2.45) is 5.73 Å². The topological polar surface area (TPSA) is 106 Å². The molecule has 1 atom stereocenters. The van der Waals surface area contributed by atoms with Crippen LogP contribution < -0.4 is 16.4 Å². The first kappa shape index (κ1) is 22.0. The number of ether oxygens (including phenoxy) is 1. The Balaban J connectivity index is 0.00000338. The molecule has 0 aliphatic carbocycles. The summed E-state index contributed by atoms with van der Waals surface area (Å²) in [4.78, 5) is 27.1. The molecule has 1 aromatic heterocycles. The predicted molar refractivity (Wildman–Crippen MR) is 106 cm³/mol. The molecule has 0 saturated carbocycles. The molecular weight excluding hydrogens is 376 g/mol. The van der Waals surface area contributed by atoms with E-state index in [-0.39, 0.29) is 30.8 Å². The largest absolute Gasteiger partial charge is 0.383 e. The fourth-order valence-corrected chi connectivity index (χ4v) is 2.86. The van der Waals surface area contributed by atoms with Crippen molar-refractivity contribution in [2.75, 3.05) is 25.6 Å². The van der Waals surface area contributed by atoms with Gasteiger partial charge in [-0.2, -0.15) is 0 Å². The third-order valence-corrected chi connectivity index (χ3v) is 4.21. The molecular formula is C17H23ClN4O3S. The molecule has 2 rings (SSSR count). The first-order valence-electron chi connectivity index (χ1n) is 7.84. The van der Waals surface area contributed by atoms with Crippen LogP contribution in [0.1, 0.15) is 12.5 Å². The molecule has 0 spiro atoms. The quantitative estimate of drug-likeness (QED) is 0.628. The second-order valence-electron chi connectivity index (χ2n) is 5.52. The maximum Gasteiger partial charge on any atom is 0.245 e. The molecule has 7 nitrogen and oxygen atoms in total. The molecule has 142 valence electrons. The maximum absolute atomic E-state index is 11.9. The van der Waals surface area contributed by atoms with Gasteiger partial charge in [0.05, 0.1) is 12.3 Å². The number of aromatic nitrogens is 1. The van der Waals surface area contributed by atoms with Crippen LogP contribution in [0.3, 0.4) is 0 Å². The molecule has 0 aliphatic rings. The first-order chi connectivity index (χ1) is 12.0. The summed E-state index contributed by atoms with van der Waals surface area (Å²) in [6.07, 6.45) is 0.773. The number of thiazole rings is 1. The number of hydrogen-bond acceptors (Lipinski definition) is 6. The van der Waals surface area contributed by atoms with E-state index in [4.69, 9.17) is 10.5 Å². The second kappa shape index (κ2) is 10.9. The molecule has 1 heterocycles. The highest BCUT2D eigenvalue weighted by Gasteiger charge is 2.15. The number of benzene rings is 1. The third-order valence-electron chi connectivity index (χ3n) is 3.45. The number of carbonyl (C=O) groups excluding carboxylic acids is 2. The average Bonchev–Trinajstić information content (AvgIpc) is 3.04. The standard InChI is InChI=1S/C17H22N4O3S.ClH/c1-11(22)19-8-7-12-3-5-13(6-4-12)15-10-25-17(20-15)21-16(23)14(18)9-24-2;/h3-6,10,14H,7-9,18H2,1-2H3,(H,19,22)(H,20,21,23);1H. The average molecular weight is 399 g/mol. The van der Waals surface area contributed by atoms with Crippen LogP contribution in [0.25, 0.3) is 11.3 Å². The summed E-state index contributed by atoms with van der Waals surface area (Å²) in [5.74, 6) is -0.352. The van der Waals surface area contributed by atoms with Crippen molar-refractivity contribution in [3.05, 3.63) is 35.2 Å². The number of nitrogens with one attached hydrogen (secondary N) is 2. The van der Waals surface area contributed by atoms with Crippen molar-refractivity contribution in [1.82, 2.24) is 10.3 Å². The van der Waals surface area contributed by atoms with Gasteiger partial charge in [0.1, 0.15) is 6.04 Å². The van der Waals surface area contributed by atoms with E-state index < -0.39 is 6.04 Å². The van der Waals surface area contributed by atoms with Crippen LogP contribution in [-0.2, 0) is 20.7 Å². The van der Waals surface area contributed by atoms with Crippen molar-refractivity contribution < 1.29 is 14.3 Å². The molecule has 0 bridgehead atoms. The van der Waals surface area contributed by atoms with E-state index >= 15 is 0 Å². The van der Waals surface area contributed by atoms with Gasteiger partial charge < -0.3 is 21.1 Å². The third kappa shape index (κ3) is 6.72. The van der Waals surface area contributed by atoms with Gasteiger partial charge in [-0.1, -0.05) is 24.3 Å². The normalized spacial score (nSPS) is 11.3. The van der Waals surface area contributed by atoms with Crippen LogP contribution in [0.4, 0.5) is 5.13 Å². The zero-order valence-electron chi connectivity index (χ0n) is 14.7. The Morgan fingerprint density at radius 1 is 1.31 bits per heavy atom. The Morgan fingerprint density at radius 3 is 2.62 bits per heavy atom. The Bertz CT molecular complexity index is 721. The van der Waals surface area contributed by atoms with Gasteiger partial charge in [-0.25, -0.2) is 4.98 Å². The molecule has 0 aliphatic heterocycles. The Kier molecular flexibility index (Phi) is 9.22. The van der Waals surface area contributed by atoms with Crippen molar-refractivity contribution in [3.8, 4) is 11.3 Å². The molecule has 2 aromatic rings. The minimum atomic E-state index is -0.722. The molecule has 1 unspecified atom stereocenters. The van der Waals surface area contributed by atoms with E-state index in [1.165, 1.54) is 25.4 Å². The molecule has 0 saturated heterocycles. The zero-order chi connectivity index (χ0) is 18.2. The molecule has 1 aromatic carbocycles. The highest BCUT2D eigenvalue weighted by atomic mass is 35.5. The highest BCUT2D eigenvalue weighted by molar-refractivity contribution is 7.14. The maximum atomic E-state index is 11.9. The molecule has 4 N–H and O–H groups in total. The monoisotopic (exact) mass is 398 g/mol. The number of halogens is 1. The summed E-state index contributed by atoms with van der Waals surface area (Å²) in [6, 6.07) is 7.23. The van der Waals surface area contributed by atoms with Crippen molar-refractivity contribution in [3.63, 3.8) is 0 Å². The number of nitrogens with two attached hydrogens (primary N) is 1. The number of methoxy groups -OCH3 is 1. The van der Waals surface area contributed by atoms with Crippen LogP contribution in [0, 0.1) is 0 Å². The number of anilines is 1. The predicted octanol–water partition coefficient (Wildman–Crippen LogP) is 1.82. The first-order valence-corrected chi connectivity index (χ1v) is 8.72. The van der Waals surface area contributed by atoms with Crippen molar-refractivity contribution in [2.45, 2.75) is 19.4 Å². The van der Waals surface area contributed by atoms with Gasteiger partial charge in [0.25, 0.3) is 0 Å². The lowest BCUT2D eigenvalue weighted by molar-refractivity contribution is -0.119. The molecule has 0 fully saturated rings. The van der Waals surface area contributed by atoms with Gasteiger partial charge in [0, 0.05) is 31.5 Å². The van der Waals surface area contributed by atoms with Crippen molar-refractivity contribution in [1.29, 1.82) is 0 Å². The summed E-state index contributed by atoms with van der Waals surface area (Å²) in [5.41, 5.74) is 8.56. The summed E-state index contributed by atoms with van der Waals surface area (Å²) >= 11 is 1.34. The van der Waals surface area contributed by atoms with Crippen LogP contribution in [0.5, 0.6) is 0 Å². The molecule has 2 amide bonds. The number of hydrogen-bond donors (Lipinski definition) is 3. The van der Waals surface area contributed by atoms with Gasteiger partial charge in [-0.05, 0) is 12.0 Å². The zero-order valence-corrected chi connectivity index (χ0v) is 16.3. The smallest absolute Gasteiger partial charge is 0.245 e. The number of carbonyl (C=O) groups is 2. The van der Waals surface area contributed by atoms with Gasteiger partial charge in [-0.15, -0.1) is 23.7 Å². The fraction of sp³-hybridized carbons (Fsp3) is 0.353. The van der Waals surface area contributed by atoms with Gasteiger partial charge in [0.15, 0.2) is 5.13 Å². The summed E-state index contributed by atoms with van der Waals surface area (Å²) in [6.45, 7) is 2.27. The van der Waals surface area contributed by atoms with E-state index in [0.29, 0.717) is 11.7 Å². The van der Waals surface area contributed by atoms with E-state index in [1.54, 1.807) is 0 Å². The second-order valence-corrected chi connectivity index (χ2v) is 6.38. The SMILES string of the molecule is COCC(N)C(=O)Nc1nc(-c2ccc(CCNC(C)=O)cc2)cs1.Cl. The summed E-state index contributed by atoms with van der Waals surface area (Å²) in [7, 11) is 1.49. The molecule has 9 heteroatoms. The molecule has 0 radical (unpaired) electrons. The Morgan fingerprint density at radius 2 is 2.00 bits per heavy atom. The Labute approximate surface area is 162 Å². The van der Waals surface area contributed by atoms with Gasteiger partial charge in [0.2, 0.25) is 11.8 Å². The van der Waals surface area contributed by atoms with E-state index in [1.807, 2.05) is 29.6 Å². The summed E-state index contributed by atoms with van der Waals surface area (Å²) in [5, 5.41) is 7.84. The van der Waals surface area contributed by atoms with Gasteiger partial charge >= 0.3 is 0 Å². The van der Waals surface area contributed by atoms with Crippen LogP contribution in [0.2, 0.25) is 0 Å². The minimum Gasteiger partial charge on any atom is -0.383 e. The highest BCUT2D eigenvalue weighted by Crippen LogP contribution is 2.25. The lowest BCUT2D eigenvalue weighted by Gasteiger charge is -2.08. The van der Waals surface area contributed by atoms with Crippen molar-refractivity contribution >= 4 is 40.7 Å². The minimum absolute atomic E-state index is 0. The van der Waals surface area contributed by atoms with E-state index in [0.717, 1.165) is 23.2 Å². The van der Waals surface area contributed by atoms with E-state index in [2.05, 4.69) is 15.6 Å². The number of amides is 2. The Hall–Kier alpha value is -2.00. The summed E-state index contributed by atoms with van der Waals surface area (Å²) < 4.78 is 4.86. The van der Waals surface area contributed by atoms with E-state index in [9.17, 15) is 9.59 Å².